The predicted octanol–water partition coefficient (Wildman–Crippen LogP) is 1.34. The first-order valence-electron chi connectivity index (χ1n) is 4.40. The van der Waals surface area contributed by atoms with Crippen LogP contribution in [0.1, 0.15) is 5.56 Å². The Kier molecular flexibility index (Phi) is 4.00. The van der Waals surface area contributed by atoms with Crippen molar-refractivity contribution in [2.45, 2.75) is 6.04 Å². The first kappa shape index (κ1) is 11.4. The van der Waals surface area contributed by atoms with E-state index in [-0.39, 0.29) is 5.82 Å². The minimum Gasteiger partial charge on any atom is -0.468 e. The molecule has 0 spiro atoms. The van der Waals surface area contributed by atoms with Crippen LogP contribution in [0.25, 0.3) is 6.08 Å². The highest BCUT2D eigenvalue weighted by atomic mass is 19.1. The van der Waals surface area contributed by atoms with Crippen molar-refractivity contribution in [2.75, 3.05) is 7.11 Å². The quantitative estimate of drug-likeness (QED) is 0.764. The maximum absolute atomic E-state index is 12.5. The summed E-state index contributed by atoms with van der Waals surface area (Å²) in [6, 6.07) is 5.07. The maximum Gasteiger partial charge on any atom is 0.326 e. The molecule has 15 heavy (non-hydrogen) atoms. The molecule has 80 valence electrons. The number of rotatable bonds is 3. The minimum atomic E-state index is -0.792. The molecule has 0 aliphatic rings. The molecular formula is C11H12FNO2. The van der Waals surface area contributed by atoms with Gasteiger partial charge in [0.15, 0.2) is 0 Å². The number of carbonyl (C=O) groups excluding carboxylic acids is 1. The number of hydrogen-bond donors (Lipinski definition) is 1. The number of esters is 1. The second kappa shape index (κ2) is 5.26. The van der Waals surface area contributed by atoms with E-state index in [1.807, 2.05) is 0 Å². The van der Waals surface area contributed by atoms with Crippen molar-refractivity contribution in [3.63, 3.8) is 0 Å². The van der Waals surface area contributed by atoms with Gasteiger partial charge in [-0.25, -0.2) is 4.39 Å². The number of halogens is 1. The lowest BCUT2D eigenvalue weighted by Crippen LogP contribution is -2.28. The summed E-state index contributed by atoms with van der Waals surface area (Å²) in [6.45, 7) is 0. The van der Waals surface area contributed by atoms with E-state index in [0.717, 1.165) is 5.56 Å². The van der Waals surface area contributed by atoms with E-state index < -0.39 is 12.0 Å². The topological polar surface area (TPSA) is 52.3 Å². The van der Waals surface area contributed by atoms with E-state index >= 15 is 0 Å². The predicted molar refractivity (Wildman–Crippen MR) is 55.4 cm³/mol. The second-order valence-corrected chi connectivity index (χ2v) is 2.96. The lowest BCUT2D eigenvalue weighted by Gasteiger charge is -2.02. The van der Waals surface area contributed by atoms with Crippen molar-refractivity contribution in [3.8, 4) is 0 Å². The van der Waals surface area contributed by atoms with E-state index in [4.69, 9.17) is 5.73 Å². The normalized spacial score (nSPS) is 12.7. The Morgan fingerprint density at radius 3 is 2.60 bits per heavy atom. The molecule has 0 fully saturated rings. The lowest BCUT2D eigenvalue weighted by atomic mass is 10.2. The highest BCUT2D eigenvalue weighted by Crippen LogP contribution is 2.05. The van der Waals surface area contributed by atoms with Gasteiger partial charge in [-0.05, 0) is 17.7 Å². The van der Waals surface area contributed by atoms with Gasteiger partial charge in [-0.15, -0.1) is 0 Å². The van der Waals surface area contributed by atoms with Crippen LogP contribution in [-0.4, -0.2) is 19.1 Å². The molecule has 1 aromatic rings. The van der Waals surface area contributed by atoms with Crippen LogP contribution in [0.2, 0.25) is 0 Å². The smallest absolute Gasteiger partial charge is 0.326 e. The zero-order chi connectivity index (χ0) is 11.3. The fourth-order valence-electron chi connectivity index (χ4n) is 1.00. The van der Waals surface area contributed by atoms with Gasteiger partial charge >= 0.3 is 5.97 Å². The van der Waals surface area contributed by atoms with E-state index in [2.05, 4.69) is 4.74 Å². The molecule has 0 saturated carbocycles. The van der Waals surface area contributed by atoms with Crippen LogP contribution in [0.5, 0.6) is 0 Å². The van der Waals surface area contributed by atoms with Crippen LogP contribution < -0.4 is 5.73 Å². The third-order valence-corrected chi connectivity index (χ3v) is 1.84. The van der Waals surface area contributed by atoms with Crippen LogP contribution in [0.15, 0.2) is 30.3 Å². The highest BCUT2D eigenvalue weighted by molar-refractivity contribution is 5.79. The summed E-state index contributed by atoms with van der Waals surface area (Å²) in [5.74, 6) is -0.808. The van der Waals surface area contributed by atoms with Gasteiger partial charge < -0.3 is 10.5 Å². The summed E-state index contributed by atoms with van der Waals surface area (Å²) in [4.78, 5) is 10.9. The molecule has 0 amide bonds. The minimum absolute atomic E-state index is 0.301. The summed E-state index contributed by atoms with van der Waals surface area (Å²) in [6.07, 6.45) is 3.14. The van der Waals surface area contributed by atoms with Crippen molar-refractivity contribution in [1.29, 1.82) is 0 Å². The van der Waals surface area contributed by atoms with Crippen LogP contribution in [0, 0.1) is 5.82 Å². The van der Waals surface area contributed by atoms with Crippen molar-refractivity contribution in [1.82, 2.24) is 0 Å². The number of methoxy groups -OCH3 is 1. The summed E-state index contributed by atoms with van der Waals surface area (Å²) >= 11 is 0. The number of benzene rings is 1. The monoisotopic (exact) mass is 209 g/mol. The van der Waals surface area contributed by atoms with E-state index in [0.29, 0.717) is 0 Å². The van der Waals surface area contributed by atoms with E-state index in [1.165, 1.54) is 25.3 Å². The maximum atomic E-state index is 12.5. The largest absolute Gasteiger partial charge is 0.468 e. The third-order valence-electron chi connectivity index (χ3n) is 1.84. The summed E-state index contributed by atoms with van der Waals surface area (Å²) in [5.41, 5.74) is 6.24. The average Bonchev–Trinajstić information content (AvgIpc) is 2.26. The molecule has 0 aromatic heterocycles. The van der Waals surface area contributed by atoms with Gasteiger partial charge in [-0.1, -0.05) is 24.3 Å². The van der Waals surface area contributed by atoms with Gasteiger partial charge in [-0.2, -0.15) is 0 Å². The molecule has 2 N–H and O–H groups in total. The number of carbonyl (C=O) groups is 1. The molecule has 0 heterocycles. The molecule has 0 aliphatic heterocycles. The van der Waals surface area contributed by atoms with Crippen LogP contribution >= 0.6 is 0 Å². The van der Waals surface area contributed by atoms with Gasteiger partial charge in [0.05, 0.1) is 7.11 Å². The van der Waals surface area contributed by atoms with Crippen LogP contribution in [-0.2, 0) is 9.53 Å². The summed E-state index contributed by atoms with van der Waals surface area (Å²) in [5, 5.41) is 0. The molecular weight excluding hydrogens is 197 g/mol. The fourth-order valence-corrected chi connectivity index (χ4v) is 1.00. The third kappa shape index (κ3) is 3.52. The van der Waals surface area contributed by atoms with Crippen molar-refractivity contribution in [3.05, 3.63) is 41.7 Å². The highest BCUT2D eigenvalue weighted by Gasteiger charge is 2.08. The van der Waals surface area contributed by atoms with E-state index in [1.54, 1.807) is 18.2 Å². The Labute approximate surface area is 87.3 Å². The molecule has 0 unspecified atom stereocenters. The van der Waals surface area contributed by atoms with Crippen molar-refractivity contribution >= 4 is 12.0 Å². The van der Waals surface area contributed by atoms with Gasteiger partial charge in [0.25, 0.3) is 0 Å². The average molecular weight is 209 g/mol. The molecule has 4 heteroatoms. The van der Waals surface area contributed by atoms with Gasteiger partial charge in [0.1, 0.15) is 11.9 Å². The number of nitrogens with two attached hydrogens (primary N) is 1. The molecule has 0 bridgehead atoms. The first-order valence-corrected chi connectivity index (χ1v) is 4.40. The Bertz CT molecular complexity index is 359. The van der Waals surface area contributed by atoms with Crippen molar-refractivity contribution in [2.24, 2.45) is 5.73 Å². The Balaban J connectivity index is 2.65. The van der Waals surface area contributed by atoms with Gasteiger partial charge in [0, 0.05) is 0 Å². The lowest BCUT2D eigenvalue weighted by molar-refractivity contribution is -0.140. The fraction of sp³-hybridized carbons (Fsp3) is 0.182. The SMILES string of the molecule is COC(=O)[C@@H](N)C=Cc1ccc(F)cc1. The Morgan fingerprint density at radius 1 is 1.47 bits per heavy atom. The molecule has 1 rings (SSSR count). The summed E-state index contributed by atoms with van der Waals surface area (Å²) in [7, 11) is 1.27. The standard InChI is InChI=1S/C11H12FNO2/c1-15-11(14)10(13)7-4-8-2-5-9(12)6-3-8/h2-7,10H,13H2,1H3/t10-/m0/s1. The number of hydrogen-bond acceptors (Lipinski definition) is 3. The molecule has 1 atom stereocenters. The summed E-state index contributed by atoms with van der Waals surface area (Å²) < 4.78 is 17.0. The first-order chi connectivity index (χ1) is 7.13. The molecule has 0 radical (unpaired) electrons. The van der Waals surface area contributed by atoms with Gasteiger partial charge in [-0.3, -0.25) is 4.79 Å². The van der Waals surface area contributed by atoms with Crippen LogP contribution in [0.3, 0.4) is 0 Å². The number of ether oxygens (including phenoxy) is 1. The molecule has 0 aliphatic carbocycles. The Morgan fingerprint density at radius 2 is 2.07 bits per heavy atom. The zero-order valence-electron chi connectivity index (χ0n) is 8.31. The van der Waals surface area contributed by atoms with E-state index in [9.17, 15) is 9.18 Å². The Hall–Kier alpha value is -1.68. The molecule has 3 nitrogen and oxygen atoms in total. The molecule has 1 aromatic carbocycles. The van der Waals surface area contributed by atoms with Crippen LogP contribution in [0.4, 0.5) is 4.39 Å². The van der Waals surface area contributed by atoms with Crippen molar-refractivity contribution < 1.29 is 13.9 Å². The molecule has 0 saturated heterocycles. The second-order valence-electron chi connectivity index (χ2n) is 2.96. The zero-order valence-corrected chi connectivity index (χ0v) is 8.31. The van der Waals surface area contributed by atoms with Gasteiger partial charge in [0.2, 0.25) is 0 Å².